The topological polar surface area (TPSA) is 58.2 Å². The Labute approximate surface area is 134 Å². The highest BCUT2D eigenvalue weighted by Crippen LogP contribution is 2.19. The summed E-state index contributed by atoms with van der Waals surface area (Å²) in [5, 5.41) is 4.86. The predicted octanol–water partition coefficient (Wildman–Crippen LogP) is 2.59. The van der Waals surface area contributed by atoms with E-state index in [1.54, 1.807) is 0 Å². The summed E-state index contributed by atoms with van der Waals surface area (Å²) in [5.41, 5.74) is 1.44. The van der Waals surface area contributed by atoms with Gasteiger partial charge in [0.05, 0.1) is 0 Å². The molecule has 0 saturated heterocycles. The van der Waals surface area contributed by atoms with E-state index in [0.29, 0.717) is 6.54 Å². The van der Waals surface area contributed by atoms with Gasteiger partial charge in [0.25, 0.3) is 0 Å². The van der Waals surface area contributed by atoms with Crippen molar-refractivity contribution in [2.45, 2.75) is 38.6 Å². The Balaban J connectivity index is 1.72. The van der Waals surface area contributed by atoms with Crippen LogP contribution in [0.1, 0.15) is 37.7 Å². The molecule has 4 nitrogen and oxygen atoms in total. The maximum atomic E-state index is 13.4. The molecule has 0 aliphatic heterocycles. The Morgan fingerprint density at radius 1 is 1.09 bits per heavy atom. The fourth-order valence-corrected chi connectivity index (χ4v) is 2.47. The molecule has 0 spiro atoms. The van der Waals surface area contributed by atoms with Crippen LogP contribution in [0.3, 0.4) is 0 Å². The highest BCUT2D eigenvalue weighted by Gasteiger charge is 2.14. The number of carbonyl (C=O) groups excluding carboxylic acids is 2. The molecule has 0 fully saturated rings. The summed E-state index contributed by atoms with van der Waals surface area (Å²) >= 11 is 0. The maximum Gasteiger partial charge on any atom is 0.309 e. The lowest BCUT2D eigenvalue weighted by atomic mass is 9.97. The number of rotatable bonds is 5. The summed E-state index contributed by atoms with van der Waals surface area (Å²) < 4.78 is 26.2. The van der Waals surface area contributed by atoms with Crippen LogP contribution in [0.15, 0.2) is 29.8 Å². The fourth-order valence-electron chi connectivity index (χ4n) is 2.47. The van der Waals surface area contributed by atoms with Crippen LogP contribution in [0.4, 0.5) is 8.78 Å². The van der Waals surface area contributed by atoms with Crippen molar-refractivity contribution >= 4 is 11.8 Å². The van der Waals surface area contributed by atoms with Crippen molar-refractivity contribution in [2.75, 3.05) is 6.54 Å². The van der Waals surface area contributed by atoms with Crippen LogP contribution in [0.2, 0.25) is 0 Å². The van der Waals surface area contributed by atoms with Gasteiger partial charge in [0.1, 0.15) is 11.6 Å². The molecule has 23 heavy (non-hydrogen) atoms. The Kier molecular flexibility index (Phi) is 6.26. The van der Waals surface area contributed by atoms with Crippen molar-refractivity contribution in [3.05, 3.63) is 47.0 Å². The zero-order valence-electron chi connectivity index (χ0n) is 12.8. The molecular formula is C17H20F2N2O2. The van der Waals surface area contributed by atoms with E-state index in [2.05, 4.69) is 16.7 Å². The zero-order chi connectivity index (χ0) is 16.7. The fraction of sp³-hybridized carbons (Fsp3) is 0.412. The van der Waals surface area contributed by atoms with Gasteiger partial charge in [0.15, 0.2) is 0 Å². The molecule has 0 atom stereocenters. The molecule has 1 aromatic carbocycles. The van der Waals surface area contributed by atoms with Crippen LogP contribution in [-0.2, 0) is 16.1 Å². The molecule has 1 aromatic rings. The number of allylic oxidation sites excluding steroid dienone is 1. The van der Waals surface area contributed by atoms with E-state index in [1.165, 1.54) is 24.5 Å². The molecule has 1 aliphatic carbocycles. The summed E-state index contributed by atoms with van der Waals surface area (Å²) in [7, 11) is 0. The second kappa shape index (κ2) is 8.41. The second-order valence-corrected chi connectivity index (χ2v) is 5.53. The van der Waals surface area contributed by atoms with E-state index in [9.17, 15) is 18.4 Å². The van der Waals surface area contributed by atoms with Crippen LogP contribution in [0.25, 0.3) is 0 Å². The number of hydrogen-bond donors (Lipinski definition) is 2. The van der Waals surface area contributed by atoms with E-state index in [0.717, 1.165) is 31.4 Å². The number of amides is 2. The van der Waals surface area contributed by atoms with Crippen LogP contribution < -0.4 is 10.6 Å². The first-order chi connectivity index (χ1) is 11.1. The molecule has 0 radical (unpaired) electrons. The summed E-state index contributed by atoms with van der Waals surface area (Å²) in [5.74, 6) is -3.02. The summed E-state index contributed by atoms with van der Waals surface area (Å²) in [6.45, 7) is 0.243. The van der Waals surface area contributed by atoms with Crippen molar-refractivity contribution in [1.29, 1.82) is 0 Å². The molecule has 0 saturated carbocycles. The lowest BCUT2D eigenvalue weighted by Gasteiger charge is -2.13. The standard InChI is InChI=1S/C17H20F2N2O2/c18-14-7-6-13(15(19)10-14)11-21-17(23)16(22)20-9-8-12-4-2-1-3-5-12/h4,6-7,10H,1-3,5,8-9,11H2,(H,20,22)(H,21,23). The van der Waals surface area contributed by atoms with Crippen molar-refractivity contribution < 1.29 is 18.4 Å². The van der Waals surface area contributed by atoms with Gasteiger partial charge in [-0.2, -0.15) is 0 Å². The van der Waals surface area contributed by atoms with E-state index in [4.69, 9.17) is 0 Å². The second-order valence-electron chi connectivity index (χ2n) is 5.53. The van der Waals surface area contributed by atoms with E-state index in [-0.39, 0.29) is 12.1 Å². The minimum absolute atomic E-state index is 0.125. The Morgan fingerprint density at radius 3 is 2.57 bits per heavy atom. The lowest BCUT2D eigenvalue weighted by molar-refractivity contribution is -0.139. The maximum absolute atomic E-state index is 13.4. The summed E-state index contributed by atoms with van der Waals surface area (Å²) in [6.07, 6.45) is 7.43. The van der Waals surface area contributed by atoms with Gasteiger partial charge in [-0.25, -0.2) is 8.78 Å². The molecular weight excluding hydrogens is 302 g/mol. The molecule has 1 aliphatic rings. The first-order valence-corrected chi connectivity index (χ1v) is 7.74. The number of hydrogen-bond acceptors (Lipinski definition) is 2. The average molecular weight is 322 g/mol. The van der Waals surface area contributed by atoms with Gasteiger partial charge < -0.3 is 10.6 Å². The van der Waals surface area contributed by atoms with Gasteiger partial charge >= 0.3 is 11.8 Å². The minimum atomic E-state index is -0.827. The van der Waals surface area contributed by atoms with Crippen LogP contribution in [0, 0.1) is 11.6 Å². The van der Waals surface area contributed by atoms with Crippen molar-refractivity contribution in [3.63, 3.8) is 0 Å². The Bertz CT molecular complexity index is 615. The molecule has 0 unspecified atom stereocenters. The first-order valence-electron chi connectivity index (χ1n) is 7.74. The zero-order valence-corrected chi connectivity index (χ0v) is 12.8. The van der Waals surface area contributed by atoms with E-state index < -0.39 is 23.4 Å². The quantitative estimate of drug-likeness (QED) is 0.647. The predicted molar refractivity (Wildman–Crippen MR) is 82.4 cm³/mol. The molecule has 2 N–H and O–H groups in total. The van der Waals surface area contributed by atoms with Gasteiger partial charge in [-0.1, -0.05) is 17.7 Å². The molecule has 124 valence electrons. The molecule has 6 heteroatoms. The molecule has 0 bridgehead atoms. The first kappa shape index (κ1) is 17.1. The lowest BCUT2D eigenvalue weighted by Crippen LogP contribution is -2.40. The van der Waals surface area contributed by atoms with Crippen molar-refractivity contribution in [1.82, 2.24) is 10.6 Å². The van der Waals surface area contributed by atoms with E-state index >= 15 is 0 Å². The highest BCUT2D eigenvalue weighted by molar-refractivity contribution is 6.35. The third-order valence-corrected chi connectivity index (χ3v) is 3.78. The SMILES string of the molecule is O=C(NCCC1=CCCCC1)C(=O)NCc1ccc(F)cc1F. The third kappa shape index (κ3) is 5.47. The molecule has 2 rings (SSSR count). The third-order valence-electron chi connectivity index (χ3n) is 3.78. The Hall–Kier alpha value is -2.24. The monoisotopic (exact) mass is 322 g/mol. The van der Waals surface area contributed by atoms with Crippen molar-refractivity contribution in [3.8, 4) is 0 Å². The number of nitrogens with one attached hydrogen (secondary N) is 2. The van der Waals surface area contributed by atoms with Crippen LogP contribution in [0.5, 0.6) is 0 Å². The molecule has 0 aromatic heterocycles. The Morgan fingerprint density at radius 2 is 1.87 bits per heavy atom. The van der Waals surface area contributed by atoms with Crippen LogP contribution >= 0.6 is 0 Å². The number of halogens is 2. The highest BCUT2D eigenvalue weighted by atomic mass is 19.1. The van der Waals surface area contributed by atoms with Gasteiger partial charge in [-0.05, 0) is 38.2 Å². The van der Waals surface area contributed by atoms with Gasteiger partial charge in [0, 0.05) is 24.7 Å². The van der Waals surface area contributed by atoms with Crippen LogP contribution in [-0.4, -0.2) is 18.4 Å². The van der Waals surface area contributed by atoms with Gasteiger partial charge in [0.2, 0.25) is 0 Å². The van der Waals surface area contributed by atoms with Gasteiger partial charge in [-0.15, -0.1) is 0 Å². The minimum Gasteiger partial charge on any atom is -0.348 e. The molecule has 2 amide bonds. The average Bonchev–Trinajstić information content (AvgIpc) is 2.54. The summed E-state index contributed by atoms with van der Waals surface area (Å²) in [4.78, 5) is 23.3. The largest absolute Gasteiger partial charge is 0.348 e. The smallest absolute Gasteiger partial charge is 0.309 e. The van der Waals surface area contributed by atoms with Crippen molar-refractivity contribution in [2.24, 2.45) is 0 Å². The van der Waals surface area contributed by atoms with E-state index in [1.807, 2.05) is 0 Å². The number of benzene rings is 1. The van der Waals surface area contributed by atoms with Gasteiger partial charge in [-0.3, -0.25) is 9.59 Å². The number of carbonyl (C=O) groups is 2. The summed E-state index contributed by atoms with van der Waals surface area (Å²) in [6, 6.07) is 3.07. The normalized spacial score (nSPS) is 14.1. The molecule has 0 heterocycles.